The van der Waals surface area contributed by atoms with Gasteiger partial charge in [0.1, 0.15) is 10.9 Å². The second-order valence-electron chi connectivity index (χ2n) is 4.82. The van der Waals surface area contributed by atoms with Gasteiger partial charge in [0.15, 0.2) is 5.78 Å². The molecular weight excluding hydrogens is 319 g/mol. The van der Waals surface area contributed by atoms with Crippen LogP contribution in [-0.2, 0) is 15.0 Å². The van der Waals surface area contributed by atoms with Gasteiger partial charge in [0.05, 0.1) is 4.92 Å². The number of amides is 1. The maximum atomic E-state index is 13.0. The number of nitro benzene ring substituents is 1. The van der Waals surface area contributed by atoms with Crippen LogP contribution in [0.15, 0.2) is 18.2 Å². The van der Waals surface area contributed by atoms with Crippen molar-refractivity contribution in [2.24, 2.45) is 0 Å². The van der Waals surface area contributed by atoms with Gasteiger partial charge in [0, 0.05) is 24.6 Å². The first-order chi connectivity index (χ1) is 10.1. The van der Waals surface area contributed by atoms with Crippen molar-refractivity contribution in [2.75, 3.05) is 11.4 Å². The summed E-state index contributed by atoms with van der Waals surface area (Å²) in [7, 11) is -4.92. The number of benzene rings is 1. The number of anilines is 1. The lowest BCUT2D eigenvalue weighted by Crippen LogP contribution is -2.27. The molecule has 22 heavy (non-hydrogen) atoms. The number of nitrogens with zero attached hydrogens (tertiary/aromatic N) is 2. The number of halogens is 1. The summed E-state index contributed by atoms with van der Waals surface area (Å²) in [5.41, 5.74) is -0.596. The lowest BCUT2D eigenvalue weighted by molar-refractivity contribution is -0.384. The maximum absolute atomic E-state index is 13.0. The summed E-state index contributed by atoms with van der Waals surface area (Å²) < 4.78 is 34.8. The minimum atomic E-state index is -4.92. The van der Waals surface area contributed by atoms with Gasteiger partial charge in [-0.2, -0.15) is 8.42 Å². The second-order valence-corrected chi connectivity index (χ2v) is 6.44. The van der Waals surface area contributed by atoms with Crippen LogP contribution in [-0.4, -0.2) is 36.8 Å². The van der Waals surface area contributed by atoms with Crippen molar-refractivity contribution in [3.8, 4) is 0 Å². The van der Waals surface area contributed by atoms with Gasteiger partial charge in [-0.05, 0) is 19.1 Å². The van der Waals surface area contributed by atoms with Gasteiger partial charge in [0.2, 0.25) is 5.91 Å². The van der Waals surface area contributed by atoms with E-state index < -0.39 is 50.7 Å². The summed E-state index contributed by atoms with van der Waals surface area (Å²) in [6.45, 7) is 0.726. The summed E-state index contributed by atoms with van der Waals surface area (Å²) in [4.78, 5) is 34.3. The van der Waals surface area contributed by atoms with Crippen LogP contribution >= 0.6 is 0 Å². The van der Waals surface area contributed by atoms with E-state index in [1.54, 1.807) is 0 Å². The Morgan fingerprint density at radius 2 is 2.09 bits per heavy atom. The van der Waals surface area contributed by atoms with Gasteiger partial charge < -0.3 is 4.90 Å². The molecule has 1 amide bonds. The molecule has 0 N–H and O–H groups in total. The van der Waals surface area contributed by atoms with E-state index in [-0.39, 0.29) is 11.3 Å². The van der Waals surface area contributed by atoms with E-state index in [4.69, 9.17) is 0 Å². The van der Waals surface area contributed by atoms with E-state index in [9.17, 15) is 32.0 Å². The van der Waals surface area contributed by atoms with Crippen molar-refractivity contribution in [3.05, 3.63) is 33.9 Å². The van der Waals surface area contributed by atoms with Crippen molar-refractivity contribution in [3.63, 3.8) is 0 Å². The van der Waals surface area contributed by atoms with Gasteiger partial charge in [0.25, 0.3) is 5.69 Å². The number of hydrogen-bond acceptors (Lipinski definition) is 6. The molecule has 10 heteroatoms. The first-order valence-corrected chi connectivity index (χ1v) is 7.59. The molecule has 1 aromatic rings. The molecule has 1 atom stereocenters. The third kappa shape index (κ3) is 2.96. The first-order valence-electron chi connectivity index (χ1n) is 6.14. The molecule has 1 unspecified atom stereocenters. The van der Waals surface area contributed by atoms with Crippen molar-refractivity contribution in [1.82, 2.24) is 0 Å². The molecular formula is C12H11FN2O6S. The van der Waals surface area contributed by atoms with Crippen LogP contribution in [0.4, 0.5) is 15.3 Å². The summed E-state index contributed by atoms with van der Waals surface area (Å²) in [6, 6.07) is 3.47. The Morgan fingerprint density at radius 1 is 1.45 bits per heavy atom. The highest BCUT2D eigenvalue weighted by molar-refractivity contribution is 7.87. The average molecular weight is 330 g/mol. The summed E-state index contributed by atoms with van der Waals surface area (Å²) in [5.74, 6) is -1.13. The van der Waals surface area contributed by atoms with Crippen LogP contribution < -0.4 is 4.90 Å². The Labute approximate surface area is 124 Å². The van der Waals surface area contributed by atoms with Crippen LogP contribution in [0.3, 0.4) is 0 Å². The first kappa shape index (κ1) is 16.0. The highest BCUT2D eigenvalue weighted by Crippen LogP contribution is 2.34. The average Bonchev–Trinajstić information content (AvgIpc) is 2.79. The number of carbonyl (C=O) groups excluding carboxylic acids is 2. The molecule has 118 valence electrons. The topological polar surface area (TPSA) is 115 Å². The largest absolute Gasteiger partial charge is 0.307 e. The molecule has 0 aromatic heterocycles. The van der Waals surface area contributed by atoms with E-state index in [1.165, 1.54) is 19.1 Å². The molecule has 1 aliphatic heterocycles. The number of ketones is 1. The molecule has 1 heterocycles. The van der Waals surface area contributed by atoms with Crippen molar-refractivity contribution in [2.45, 2.75) is 18.6 Å². The zero-order valence-electron chi connectivity index (χ0n) is 11.4. The fourth-order valence-electron chi connectivity index (χ4n) is 2.21. The molecule has 2 rings (SSSR count). The zero-order valence-corrected chi connectivity index (χ0v) is 12.2. The van der Waals surface area contributed by atoms with E-state index in [0.717, 1.165) is 11.0 Å². The number of nitro groups is 1. The minimum absolute atomic E-state index is 0.0803. The molecule has 0 saturated carbocycles. The molecule has 1 saturated heterocycles. The predicted molar refractivity (Wildman–Crippen MR) is 73.9 cm³/mol. The van der Waals surface area contributed by atoms with Crippen LogP contribution in [0.5, 0.6) is 0 Å². The maximum Gasteiger partial charge on any atom is 0.307 e. The second kappa shape index (κ2) is 5.44. The van der Waals surface area contributed by atoms with Crippen molar-refractivity contribution < 1.29 is 26.8 Å². The quantitative estimate of drug-likeness (QED) is 0.354. The lowest BCUT2D eigenvalue weighted by Gasteiger charge is -2.16. The van der Waals surface area contributed by atoms with Crippen LogP contribution in [0.25, 0.3) is 0 Å². The number of carbonyl (C=O) groups is 2. The molecule has 1 aliphatic rings. The predicted octanol–water partition coefficient (Wildman–Crippen LogP) is 1.20. The fourth-order valence-corrected chi connectivity index (χ4v) is 2.88. The molecule has 8 nitrogen and oxygen atoms in total. The van der Waals surface area contributed by atoms with E-state index in [2.05, 4.69) is 0 Å². The number of Topliss-reactive ketones (excluding diaryl/α,β-unsaturated/α-hetero) is 1. The zero-order chi connectivity index (χ0) is 16.7. The summed E-state index contributed by atoms with van der Waals surface area (Å²) in [5, 5.41) is 9.55. The molecule has 1 fully saturated rings. The smallest absolute Gasteiger partial charge is 0.305 e. The van der Waals surface area contributed by atoms with Gasteiger partial charge in [-0.1, -0.05) is 0 Å². The van der Waals surface area contributed by atoms with Crippen molar-refractivity contribution >= 4 is 33.3 Å². The third-order valence-electron chi connectivity index (χ3n) is 3.36. The fraction of sp³-hybridized carbons (Fsp3) is 0.333. The van der Waals surface area contributed by atoms with E-state index >= 15 is 0 Å². The van der Waals surface area contributed by atoms with Gasteiger partial charge in [-0.15, -0.1) is 3.89 Å². The normalized spacial score (nSPS) is 18.5. The molecule has 1 aromatic carbocycles. The molecule has 0 bridgehead atoms. The van der Waals surface area contributed by atoms with Gasteiger partial charge >= 0.3 is 10.2 Å². The van der Waals surface area contributed by atoms with Gasteiger partial charge in [-0.25, -0.2) is 0 Å². The molecule has 0 spiro atoms. The number of rotatable bonds is 4. The highest BCUT2D eigenvalue weighted by atomic mass is 32.3. The Kier molecular flexibility index (Phi) is 3.96. The summed E-state index contributed by atoms with van der Waals surface area (Å²) >= 11 is 0. The van der Waals surface area contributed by atoms with Crippen LogP contribution in [0.1, 0.15) is 23.7 Å². The van der Waals surface area contributed by atoms with Gasteiger partial charge in [-0.3, -0.25) is 19.7 Å². The molecule has 0 aliphatic carbocycles. The van der Waals surface area contributed by atoms with E-state index in [0.29, 0.717) is 0 Å². The lowest BCUT2D eigenvalue weighted by atomic mass is 10.1. The van der Waals surface area contributed by atoms with E-state index in [1.807, 2.05) is 0 Å². The van der Waals surface area contributed by atoms with Crippen LogP contribution in [0, 0.1) is 10.1 Å². The Bertz CT molecular complexity index is 776. The SMILES string of the molecule is CC(=O)c1ccc(N2CC(S(=O)(=O)F)CC2=O)c([N+](=O)[O-])c1. The van der Waals surface area contributed by atoms with Crippen LogP contribution in [0.2, 0.25) is 0 Å². The monoisotopic (exact) mass is 330 g/mol. The minimum Gasteiger partial charge on any atom is -0.305 e. The Balaban J connectivity index is 2.47. The summed E-state index contributed by atoms with van der Waals surface area (Å²) in [6.07, 6.45) is -0.579. The molecule has 0 radical (unpaired) electrons. The highest BCUT2D eigenvalue weighted by Gasteiger charge is 2.41. The standard InChI is InChI=1S/C12H11FN2O6S/c1-7(16)8-2-3-10(11(4-8)15(18)19)14-6-9(5-12(14)17)22(13,20)21/h2-4,9H,5-6H2,1H3. The Morgan fingerprint density at radius 3 is 2.55 bits per heavy atom. The third-order valence-corrected chi connectivity index (χ3v) is 4.47. The Hall–Kier alpha value is -2.36. The van der Waals surface area contributed by atoms with Crippen molar-refractivity contribution in [1.29, 1.82) is 0 Å². The number of hydrogen-bond donors (Lipinski definition) is 0.